The fourth-order valence-electron chi connectivity index (χ4n) is 3.23. The van der Waals surface area contributed by atoms with Gasteiger partial charge in [-0.1, -0.05) is 82.6 Å². The summed E-state index contributed by atoms with van der Waals surface area (Å²) in [5.74, 6) is -0.0711. The molecular formula is C25H37ClO3. The topological polar surface area (TPSA) is 43.4 Å². The first-order chi connectivity index (χ1) is 14.1. The summed E-state index contributed by atoms with van der Waals surface area (Å²) in [5.41, 5.74) is 0.229. The number of hydrogen-bond donors (Lipinski definition) is 0. The predicted molar refractivity (Wildman–Crippen MR) is 122 cm³/mol. The van der Waals surface area contributed by atoms with Gasteiger partial charge in [0.05, 0.1) is 5.56 Å². The van der Waals surface area contributed by atoms with E-state index in [2.05, 4.69) is 19.1 Å². The average Bonchev–Trinajstić information content (AvgIpc) is 2.71. The van der Waals surface area contributed by atoms with Crippen molar-refractivity contribution >= 4 is 22.8 Å². The molecule has 3 nitrogen and oxygen atoms in total. The molecule has 1 aromatic carbocycles. The molecule has 0 fully saturated rings. The number of para-hydroxylation sites is 1. The van der Waals surface area contributed by atoms with Crippen LogP contribution < -0.4 is 4.74 Å². The predicted octanol–water partition coefficient (Wildman–Crippen LogP) is 8.01. The Balaban J connectivity index is 1.97. The fourth-order valence-corrected chi connectivity index (χ4v) is 3.39. The SMILES string of the molecule is CCCCCCCC/C=C\CCCCCCCC(=O)Oc1ccccc1C(=O)Cl. The number of ether oxygens (including phenoxy) is 1. The third-order valence-electron chi connectivity index (χ3n) is 4.97. The number of esters is 1. The second-order valence-corrected chi connectivity index (χ2v) is 7.92. The molecule has 1 rings (SSSR count). The summed E-state index contributed by atoms with van der Waals surface area (Å²) in [6, 6.07) is 6.55. The lowest BCUT2D eigenvalue weighted by Gasteiger charge is -2.07. The monoisotopic (exact) mass is 420 g/mol. The number of unbranched alkanes of at least 4 members (excludes halogenated alkanes) is 11. The van der Waals surface area contributed by atoms with Gasteiger partial charge in [0.2, 0.25) is 0 Å². The van der Waals surface area contributed by atoms with Crippen molar-refractivity contribution in [2.75, 3.05) is 0 Å². The summed E-state index contributed by atoms with van der Waals surface area (Å²) in [6.07, 6.45) is 20.9. The first-order valence-electron chi connectivity index (χ1n) is 11.3. The number of hydrogen-bond acceptors (Lipinski definition) is 3. The largest absolute Gasteiger partial charge is 0.426 e. The molecule has 0 N–H and O–H groups in total. The third-order valence-corrected chi connectivity index (χ3v) is 5.17. The average molecular weight is 421 g/mol. The van der Waals surface area contributed by atoms with Crippen LogP contribution in [-0.4, -0.2) is 11.2 Å². The number of benzene rings is 1. The molecule has 0 aliphatic carbocycles. The van der Waals surface area contributed by atoms with Gasteiger partial charge in [0.15, 0.2) is 0 Å². The van der Waals surface area contributed by atoms with Gasteiger partial charge in [0.25, 0.3) is 5.24 Å². The molecule has 0 radical (unpaired) electrons. The first-order valence-corrected chi connectivity index (χ1v) is 11.7. The highest BCUT2D eigenvalue weighted by Gasteiger charge is 2.12. The zero-order chi connectivity index (χ0) is 21.2. The Kier molecular flexibility index (Phi) is 15.1. The van der Waals surface area contributed by atoms with Gasteiger partial charge in [-0.25, -0.2) is 0 Å². The van der Waals surface area contributed by atoms with Crippen molar-refractivity contribution < 1.29 is 14.3 Å². The number of halogens is 1. The highest BCUT2D eigenvalue weighted by molar-refractivity contribution is 6.68. The zero-order valence-electron chi connectivity index (χ0n) is 18.0. The van der Waals surface area contributed by atoms with Gasteiger partial charge in [0.1, 0.15) is 5.75 Å². The minimum absolute atomic E-state index is 0.229. The highest BCUT2D eigenvalue weighted by Crippen LogP contribution is 2.21. The number of carbonyl (C=O) groups excluding carboxylic acids is 2. The molecule has 0 aliphatic heterocycles. The second kappa shape index (κ2) is 17.3. The lowest BCUT2D eigenvalue weighted by molar-refractivity contribution is -0.134. The summed E-state index contributed by atoms with van der Waals surface area (Å²) in [6.45, 7) is 2.25. The number of rotatable bonds is 17. The molecule has 29 heavy (non-hydrogen) atoms. The summed E-state index contributed by atoms with van der Waals surface area (Å²) in [5, 5.41) is -0.616. The lowest BCUT2D eigenvalue weighted by atomic mass is 10.1. The Hall–Kier alpha value is -1.61. The van der Waals surface area contributed by atoms with Crippen LogP contribution in [0.3, 0.4) is 0 Å². The van der Waals surface area contributed by atoms with E-state index in [0.29, 0.717) is 6.42 Å². The van der Waals surface area contributed by atoms with Gasteiger partial charge in [-0.05, 0) is 55.8 Å². The van der Waals surface area contributed by atoms with E-state index >= 15 is 0 Å². The second-order valence-electron chi connectivity index (χ2n) is 7.58. The van der Waals surface area contributed by atoms with E-state index in [4.69, 9.17) is 16.3 Å². The molecule has 4 heteroatoms. The van der Waals surface area contributed by atoms with E-state index in [1.54, 1.807) is 24.3 Å². The number of allylic oxidation sites excluding steroid dienone is 2. The maximum absolute atomic E-state index is 11.9. The molecule has 0 bridgehead atoms. The van der Waals surface area contributed by atoms with Crippen LogP contribution in [0.15, 0.2) is 36.4 Å². The Morgan fingerprint density at radius 2 is 1.38 bits per heavy atom. The molecule has 0 aliphatic rings. The summed E-state index contributed by atoms with van der Waals surface area (Å²) < 4.78 is 5.27. The summed E-state index contributed by atoms with van der Waals surface area (Å²) in [4.78, 5) is 23.3. The van der Waals surface area contributed by atoms with Crippen molar-refractivity contribution in [2.24, 2.45) is 0 Å². The van der Waals surface area contributed by atoms with Crippen LogP contribution in [0.2, 0.25) is 0 Å². The third kappa shape index (κ3) is 13.3. The highest BCUT2D eigenvalue weighted by atomic mass is 35.5. The Labute approximate surface area is 181 Å². The molecule has 0 unspecified atom stereocenters. The van der Waals surface area contributed by atoms with Crippen LogP contribution >= 0.6 is 11.6 Å². The molecule has 0 atom stereocenters. The Bertz CT molecular complexity index is 610. The van der Waals surface area contributed by atoms with Gasteiger partial charge >= 0.3 is 5.97 Å². The van der Waals surface area contributed by atoms with E-state index in [-0.39, 0.29) is 17.3 Å². The van der Waals surface area contributed by atoms with Crippen molar-refractivity contribution in [1.82, 2.24) is 0 Å². The maximum atomic E-state index is 11.9. The van der Waals surface area contributed by atoms with Crippen LogP contribution in [0.5, 0.6) is 5.75 Å². The molecule has 0 saturated carbocycles. The van der Waals surface area contributed by atoms with Crippen molar-refractivity contribution in [3.05, 3.63) is 42.0 Å². The van der Waals surface area contributed by atoms with Crippen LogP contribution in [0.1, 0.15) is 107 Å². The van der Waals surface area contributed by atoms with Crippen molar-refractivity contribution in [1.29, 1.82) is 0 Å². The smallest absolute Gasteiger partial charge is 0.311 e. The van der Waals surface area contributed by atoms with E-state index in [0.717, 1.165) is 25.7 Å². The van der Waals surface area contributed by atoms with Crippen LogP contribution in [0.4, 0.5) is 0 Å². The maximum Gasteiger partial charge on any atom is 0.311 e. The van der Waals surface area contributed by atoms with Crippen LogP contribution in [0, 0.1) is 0 Å². The van der Waals surface area contributed by atoms with Gasteiger partial charge in [-0.2, -0.15) is 0 Å². The van der Waals surface area contributed by atoms with Gasteiger partial charge in [-0.15, -0.1) is 0 Å². The van der Waals surface area contributed by atoms with E-state index in [1.165, 1.54) is 57.8 Å². The molecule has 0 saturated heterocycles. The van der Waals surface area contributed by atoms with Gasteiger partial charge in [0, 0.05) is 6.42 Å². The zero-order valence-corrected chi connectivity index (χ0v) is 18.7. The fraction of sp³-hybridized carbons (Fsp3) is 0.600. The minimum atomic E-state index is -0.616. The van der Waals surface area contributed by atoms with E-state index in [1.807, 2.05) is 0 Å². The van der Waals surface area contributed by atoms with Crippen molar-refractivity contribution in [3.63, 3.8) is 0 Å². The van der Waals surface area contributed by atoms with Gasteiger partial charge < -0.3 is 4.74 Å². The first kappa shape index (κ1) is 25.4. The normalized spacial score (nSPS) is 11.1. The van der Waals surface area contributed by atoms with E-state index in [9.17, 15) is 9.59 Å². The van der Waals surface area contributed by atoms with E-state index < -0.39 is 5.24 Å². The molecule has 0 heterocycles. The standard InChI is InChI=1S/C25H37ClO3/c1-2-3-4-5-6-7-8-9-10-11-12-13-14-15-16-21-24(27)29-23-20-18-17-19-22(23)25(26)28/h9-10,17-20H,2-8,11-16,21H2,1H3/b10-9-. The summed E-state index contributed by atoms with van der Waals surface area (Å²) >= 11 is 5.50. The van der Waals surface area contributed by atoms with Crippen molar-refractivity contribution in [2.45, 2.75) is 96.8 Å². The quantitative estimate of drug-likeness (QED) is 0.0842. The molecule has 162 valence electrons. The van der Waals surface area contributed by atoms with Crippen LogP contribution in [-0.2, 0) is 4.79 Å². The van der Waals surface area contributed by atoms with Gasteiger partial charge in [-0.3, -0.25) is 9.59 Å². The van der Waals surface area contributed by atoms with Crippen LogP contribution in [0.25, 0.3) is 0 Å². The molecule has 0 spiro atoms. The molecule has 0 aromatic heterocycles. The Morgan fingerprint density at radius 1 is 0.828 bits per heavy atom. The van der Waals surface area contributed by atoms with Crippen molar-refractivity contribution in [3.8, 4) is 5.75 Å². The summed E-state index contributed by atoms with van der Waals surface area (Å²) in [7, 11) is 0. The number of carbonyl (C=O) groups is 2. The molecule has 0 amide bonds. The molecule has 1 aromatic rings. The minimum Gasteiger partial charge on any atom is -0.426 e. The molecular weight excluding hydrogens is 384 g/mol. The lowest BCUT2D eigenvalue weighted by Crippen LogP contribution is -2.09. The Morgan fingerprint density at radius 3 is 2.00 bits per heavy atom.